The van der Waals surface area contributed by atoms with Gasteiger partial charge in [0, 0.05) is 39.5 Å². The Balaban J connectivity index is 1.61. The first-order valence-electron chi connectivity index (χ1n) is 11.3. The monoisotopic (exact) mass is 492 g/mol. The van der Waals surface area contributed by atoms with Crippen LogP contribution in [0.2, 0.25) is 0 Å². The number of nitrogens with zero attached hydrogens (tertiary/aromatic N) is 1. The summed E-state index contributed by atoms with van der Waals surface area (Å²) in [6.07, 6.45) is 1.45. The number of carbonyl (C=O) groups is 1. The summed E-state index contributed by atoms with van der Waals surface area (Å²) in [6.45, 7) is 4.12. The van der Waals surface area contributed by atoms with Gasteiger partial charge in [0.25, 0.3) is 11.8 Å². The molecule has 1 saturated heterocycles. The van der Waals surface area contributed by atoms with E-state index >= 15 is 0 Å². The maximum atomic E-state index is 13.8. The number of rotatable bonds is 6. The maximum Gasteiger partial charge on any atom is 0.281 e. The average Bonchev–Trinajstić information content (AvgIpc) is 3.21. The minimum Gasteiger partial charge on any atom is -0.484 e. The smallest absolute Gasteiger partial charge is 0.281 e. The molecule has 2 aliphatic heterocycles. The molecule has 0 bridgehead atoms. The highest BCUT2D eigenvalue weighted by Gasteiger charge is 2.34. The fraction of sp³-hybridized carbons (Fsp3) is 0.480. The van der Waals surface area contributed by atoms with Crippen LogP contribution >= 0.6 is 0 Å². The van der Waals surface area contributed by atoms with Crippen molar-refractivity contribution in [2.24, 2.45) is 0 Å². The van der Waals surface area contributed by atoms with Crippen LogP contribution in [0.15, 0.2) is 41.3 Å². The molecule has 0 radical (unpaired) electrons. The van der Waals surface area contributed by atoms with Gasteiger partial charge >= 0.3 is 0 Å². The molecule has 2 aliphatic rings. The van der Waals surface area contributed by atoms with Gasteiger partial charge in [-0.15, -0.1) is 0 Å². The van der Waals surface area contributed by atoms with Crippen LogP contribution < -0.4 is 4.74 Å². The highest BCUT2D eigenvalue weighted by atomic mass is 32.2. The molecular weight excluding hydrogens is 463 g/mol. The number of alkyl halides is 2. The second-order valence-corrected chi connectivity index (χ2v) is 11.2. The number of carbonyl (C=O) groups excluding carboxylic acids is 1. The molecule has 0 spiro atoms. The Morgan fingerprint density at radius 1 is 1.12 bits per heavy atom. The number of hydrogen-bond donors (Lipinski definition) is 0. The molecular formula is C25H29F2NO5S. The third-order valence-corrected chi connectivity index (χ3v) is 7.67. The lowest BCUT2D eigenvalue weighted by Gasteiger charge is -2.24. The molecule has 0 N–H and O–H groups in total. The van der Waals surface area contributed by atoms with Crippen LogP contribution in [0.3, 0.4) is 0 Å². The fourth-order valence-electron chi connectivity index (χ4n) is 4.32. The van der Waals surface area contributed by atoms with E-state index in [-0.39, 0.29) is 16.2 Å². The van der Waals surface area contributed by atoms with Gasteiger partial charge in [-0.25, -0.2) is 17.2 Å². The minimum atomic E-state index is -3.61. The van der Waals surface area contributed by atoms with E-state index in [2.05, 4.69) is 12.1 Å². The van der Waals surface area contributed by atoms with Crippen LogP contribution in [-0.2, 0) is 27.7 Å². The van der Waals surface area contributed by atoms with Crippen LogP contribution in [0.1, 0.15) is 59.7 Å². The molecule has 184 valence electrons. The summed E-state index contributed by atoms with van der Waals surface area (Å²) in [5.74, 6) is -3.24. The van der Waals surface area contributed by atoms with Crippen LogP contribution in [0.5, 0.6) is 5.75 Å². The Labute approximate surface area is 198 Å². The predicted molar refractivity (Wildman–Crippen MR) is 123 cm³/mol. The molecule has 2 heterocycles. The third-order valence-electron chi connectivity index (χ3n) is 6.56. The van der Waals surface area contributed by atoms with E-state index in [1.807, 2.05) is 6.07 Å². The van der Waals surface area contributed by atoms with E-state index in [9.17, 15) is 22.0 Å². The molecule has 34 heavy (non-hydrogen) atoms. The predicted octanol–water partition coefficient (Wildman–Crippen LogP) is 4.56. The van der Waals surface area contributed by atoms with Crippen molar-refractivity contribution in [2.75, 3.05) is 19.5 Å². The Morgan fingerprint density at radius 3 is 2.44 bits per heavy atom. The molecule has 0 unspecified atom stereocenters. The first-order chi connectivity index (χ1) is 15.9. The highest BCUT2D eigenvalue weighted by molar-refractivity contribution is 7.90. The van der Waals surface area contributed by atoms with Crippen molar-refractivity contribution in [3.8, 4) is 5.75 Å². The standard InChI is InChI=1S/C25H29F2NO5S/c1-16(25(2,26)27)33-23-7-6-21(34(3,30)31)13-22(23)24(29)28-14-19-5-4-18(12-20(19)15-28)17-8-10-32-11-9-17/h4-7,12-13,16-17H,8-11,14-15H2,1-3H3/t16-/m0/s1/i3-1. The summed E-state index contributed by atoms with van der Waals surface area (Å²) in [5.41, 5.74) is 3.22. The molecule has 1 fully saturated rings. The van der Waals surface area contributed by atoms with Gasteiger partial charge < -0.3 is 14.4 Å². The Bertz CT molecular complexity index is 1190. The first kappa shape index (κ1) is 24.6. The van der Waals surface area contributed by atoms with Gasteiger partial charge in [0.1, 0.15) is 5.75 Å². The minimum absolute atomic E-state index is 0.0449. The Kier molecular flexibility index (Phi) is 6.70. The first-order valence-corrected chi connectivity index (χ1v) is 13.2. The largest absolute Gasteiger partial charge is 0.484 e. The second kappa shape index (κ2) is 9.26. The average molecular weight is 493 g/mol. The number of sulfone groups is 1. The molecule has 0 aromatic heterocycles. The van der Waals surface area contributed by atoms with Crippen molar-refractivity contribution in [1.82, 2.24) is 4.90 Å². The lowest BCUT2D eigenvalue weighted by molar-refractivity contribution is -0.0720. The zero-order valence-corrected chi connectivity index (χ0v) is 20.3. The molecule has 1 amide bonds. The summed E-state index contributed by atoms with van der Waals surface area (Å²) in [7, 11) is -3.61. The molecule has 9 heteroatoms. The zero-order chi connectivity index (χ0) is 24.7. The van der Waals surface area contributed by atoms with Gasteiger partial charge in [0.2, 0.25) is 0 Å². The third kappa shape index (κ3) is 5.25. The van der Waals surface area contributed by atoms with Gasteiger partial charge in [-0.3, -0.25) is 4.79 Å². The summed E-state index contributed by atoms with van der Waals surface area (Å²) < 4.78 is 62.6. The van der Waals surface area contributed by atoms with Crippen LogP contribution in [0.4, 0.5) is 8.78 Å². The van der Waals surface area contributed by atoms with E-state index in [0.717, 1.165) is 50.4 Å². The number of halogens is 2. The van der Waals surface area contributed by atoms with Gasteiger partial charge in [-0.05, 0) is 60.6 Å². The van der Waals surface area contributed by atoms with Gasteiger partial charge in [-0.2, -0.15) is 0 Å². The van der Waals surface area contributed by atoms with E-state index in [0.29, 0.717) is 19.0 Å². The van der Waals surface area contributed by atoms with Crippen LogP contribution in [-0.4, -0.2) is 50.7 Å². The Morgan fingerprint density at radius 2 is 1.79 bits per heavy atom. The van der Waals surface area contributed by atoms with Gasteiger partial charge in [0.05, 0.1) is 10.5 Å². The molecule has 0 aliphatic carbocycles. The maximum absolute atomic E-state index is 13.8. The van der Waals surface area contributed by atoms with Crippen molar-refractivity contribution in [3.63, 3.8) is 0 Å². The van der Waals surface area contributed by atoms with E-state index in [1.54, 1.807) is 4.90 Å². The summed E-state index contributed by atoms with van der Waals surface area (Å²) in [4.78, 5) is 15.0. The second-order valence-electron chi connectivity index (χ2n) is 9.22. The molecule has 2 aromatic carbocycles. The topological polar surface area (TPSA) is 72.9 Å². The van der Waals surface area contributed by atoms with Gasteiger partial charge in [-0.1, -0.05) is 18.2 Å². The molecule has 1 atom stereocenters. The van der Waals surface area contributed by atoms with Crippen molar-refractivity contribution in [2.45, 2.75) is 62.6 Å². The number of amides is 1. The van der Waals surface area contributed by atoms with Crippen LogP contribution in [0, 0.1) is 0 Å². The molecule has 4 rings (SSSR count). The van der Waals surface area contributed by atoms with Crippen molar-refractivity contribution in [1.29, 1.82) is 0 Å². The quantitative estimate of drug-likeness (QED) is 0.591. The number of ether oxygens (including phenoxy) is 2. The normalized spacial score (nSPS) is 18.0. The van der Waals surface area contributed by atoms with Crippen molar-refractivity contribution >= 4 is 15.7 Å². The lowest BCUT2D eigenvalue weighted by Crippen LogP contribution is -2.33. The number of hydrogen-bond acceptors (Lipinski definition) is 5. The zero-order valence-electron chi connectivity index (χ0n) is 19.5. The number of benzene rings is 2. The van der Waals surface area contributed by atoms with Gasteiger partial charge in [0.15, 0.2) is 15.9 Å². The van der Waals surface area contributed by atoms with Crippen molar-refractivity contribution in [3.05, 3.63) is 58.7 Å². The van der Waals surface area contributed by atoms with Crippen molar-refractivity contribution < 1.29 is 31.5 Å². The lowest BCUT2D eigenvalue weighted by atomic mass is 9.90. The summed E-state index contributed by atoms with van der Waals surface area (Å²) >= 11 is 0. The highest BCUT2D eigenvalue weighted by Crippen LogP contribution is 2.34. The van der Waals surface area contributed by atoms with Crippen LogP contribution in [0.25, 0.3) is 0 Å². The molecule has 6 nitrogen and oxygen atoms in total. The Hall–Kier alpha value is -2.52. The SMILES string of the molecule is C[C@H](Oc1ccc(S([11CH3])(=O)=O)cc1C(=O)N1Cc2ccc(C3CCOCC3)cc2C1)C(C)(F)F. The summed E-state index contributed by atoms with van der Waals surface area (Å²) in [6, 6.07) is 10.00. The molecule has 2 aromatic rings. The van der Waals surface area contributed by atoms with E-state index < -0.39 is 27.8 Å². The number of fused-ring (bicyclic) bond motifs is 1. The van der Waals surface area contributed by atoms with E-state index in [4.69, 9.17) is 9.47 Å². The van der Waals surface area contributed by atoms with E-state index in [1.165, 1.54) is 30.7 Å². The fourth-order valence-corrected chi connectivity index (χ4v) is 4.96. The summed E-state index contributed by atoms with van der Waals surface area (Å²) in [5, 5.41) is 0. The molecule has 0 saturated carbocycles.